The van der Waals surface area contributed by atoms with E-state index in [-0.39, 0.29) is 17.6 Å². The van der Waals surface area contributed by atoms with Crippen molar-refractivity contribution < 1.29 is 9.90 Å². The van der Waals surface area contributed by atoms with E-state index in [0.717, 1.165) is 24.0 Å². The Labute approximate surface area is 151 Å². The van der Waals surface area contributed by atoms with Gasteiger partial charge in [-0.2, -0.15) is 0 Å². The predicted molar refractivity (Wildman–Crippen MR) is 103 cm³/mol. The van der Waals surface area contributed by atoms with Crippen LogP contribution in [0.4, 0.5) is 0 Å². The average Bonchev–Trinajstić information content (AvgIpc) is 2.62. The minimum Gasteiger partial charge on any atom is -0.508 e. The Morgan fingerprint density at radius 2 is 1.68 bits per heavy atom. The van der Waals surface area contributed by atoms with Gasteiger partial charge < -0.3 is 10.0 Å². The van der Waals surface area contributed by atoms with Crippen molar-refractivity contribution in [3.05, 3.63) is 65.7 Å². The second-order valence-corrected chi connectivity index (χ2v) is 7.17. The molecule has 0 spiro atoms. The van der Waals surface area contributed by atoms with Crippen LogP contribution in [0.3, 0.4) is 0 Å². The van der Waals surface area contributed by atoms with Gasteiger partial charge in [0.15, 0.2) is 0 Å². The van der Waals surface area contributed by atoms with Crippen molar-refractivity contribution in [1.82, 2.24) is 4.90 Å². The first-order chi connectivity index (χ1) is 11.9. The minimum atomic E-state index is -0.498. The van der Waals surface area contributed by atoms with Gasteiger partial charge in [-0.15, -0.1) is 0 Å². The fourth-order valence-corrected chi connectivity index (χ4v) is 3.40. The number of phenols is 1. The molecule has 2 rings (SSSR count). The molecule has 0 aliphatic rings. The molecule has 3 heteroatoms. The standard InChI is InChI=1S/C22H29NO2/c1-5-21(25)22(2,18-9-7-6-8-10-18)16-19(23(3)4)15-17-11-13-20(24)14-12-17/h6-14,19,24H,5,15-16H2,1-4H3/t19-,22?/m0/s1. The van der Waals surface area contributed by atoms with Crippen LogP contribution in [0.2, 0.25) is 0 Å². The fraction of sp³-hybridized carbons (Fsp3) is 0.409. The summed E-state index contributed by atoms with van der Waals surface area (Å²) in [5.74, 6) is 0.552. The molecule has 0 radical (unpaired) electrons. The molecular formula is C22H29NO2. The van der Waals surface area contributed by atoms with Gasteiger partial charge in [-0.3, -0.25) is 4.79 Å². The van der Waals surface area contributed by atoms with E-state index in [9.17, 15) is 9.90 Å². The van der Waals surface area contributed by atoms with Crippen molar-refractivity contribution in [2.75, 3.05) is 14.1 Å². The third kappa shape index (κ3) is 4.70. The molecule has 0 amide bonds. The summed E-state index contributed by atoms with van der Waals surface area (Å²) in [6.45, 7) is 4.01. The van der Waals surface area contributed by atoms with Gasteiger partial charge in [-0.05, 0) is 57.1 Å². The number of hydrogen-bond acceptors (Lipinski definition) is 3. The highest BCUT2D eigenvalue weighted by Crippen LogP contribution is 2.33. The van der Waals surface area contributed by atoms with Crippen LogP contribution in [0, 0.1) is 0 Å². The van der Waals surface area contributed by atoms with Crippen LogP contribution < -0.4 is 0 Å². The SMILES string of the molecule is CCC(=O)C(C)(C[C@H](Cc1ccc(O)cc1)N(C)C)c1ccccc1. The average molecular weight is 339 g/mol. The number of ketones is 1. The zero-order valence-electron chi connectivity index (χ0n) is 15.7. The summed E-state index contributed by atoms with van der Waals surface area (Å²) in [4.78, 5) is 15.0. The highest BCUT2D eigenvalue weighted by atomic mass is 16.3. The van der Waals surface area contributed by atoms with Crippen LogP contribution in [-0.4, -0.2) is 35.9 Å². The molecule has 0 bridgehead atoms. The quantitative estimate of drug-likeness (QED) is 0.784. The summed E-state index contributed by atoms with van der Waals surface area (Å²) in [6, 6.07) is 17.7. The highest BCUT2D eigenvalue weighted by Gasteiger charge is 2.36. The number of phenolic OH excluding ortho intramolecular Hbond substituents is 1. The van der Waals surface area contributed by atoms with E-state index in [4.69, 9.17) is 0 Å². The lowest BCUT2D eigenvalue weighted by molar-refractivity contribution is -0.124. The lowest BCUT2D eigenvalue weighted by Gasteiger charge is -2.35. The van der Waals surface area contributed by atoms with E-state index in [0.29, 0.717) is 6.42 Å². The van der Waals surface area contributed by atoms with E-state index in [1.165, 1.54) is 0 Å². The van der Waals surface area contributed by atoms with Gasteiger partial charge in [0, 0.05) is 12.5 Å². The first kappa shape index (κ1) is 19.2. The highest BCUT2D eigenvalue weighted by molar-refractivity contribution is 5.89. The van der Waals surface area contributed by atoms with Crippen molar-refractivity contribution in [2.24, 2.45) is 0 Å². The van der Waals surface area contributed by atoms with E-state index >= 15 is 0 Å². The molecule has 0 fully saturated rings. The van der Waals surface area contributed by atoms with Crippen LogP contribution in [0.5, 0.6) is 5.75 Å². The Morgan fingerprint density at radius 1 is 1.08 bits per heavy atom. The Hall–Kier alpha value is -2.13. The first-order valence-corrected chi connectivity index (χ1v) is 8.90. The van der Waals surface area contributed by atoms with Gasteiger partial charge >= 0.3 is 0 Å². The van der Waals surface area contributed by atoms with Crippen molar-refractivity contribution in [3.8, 4) is 5.75 Å². The van der Waals surface area contributed by atoms with E-state index in [1.807, 2.05) is 37.3 Å². The second kappa shape index (κ2) is 8.30. The van der Waals surface area contributed by atoms with E-state index in [1.54, 1.807) is 12.1 Å². The molecule has 0 heterocycles. The third-order valence-electron chi connectivity index (χ3n) is 5.13. The summed E-state index contributed by atoms with van der Waals surface area (Å²) in [6.07, 6.45) is 2.13. The van der Waals surface area contributed by atoms with Crippen molar-refractivity contribution >= 4 is 5.78 Å². The summed E-state index contributed by atoms with van der Waals surface area (Å²) in [5.41, 5.74) is 1.75. The predicted octanol–water partition coefficient (Wildman–Crippen LogP) is 4.19. The first-order valence-electron chi connectivity index (χ1n) is 8.90. The molecule has 3 nitrogen and oxygen atoms in total. The molecule has 2 aromatic rings. The summed E-state index contributed by atoms with van der Waals surface area (Å²) in [5, 5.41) is 9.48. The molecule has 0 aliphatic heterocycles. The maximum Gasteiger partial charge on any atom is 0.142 e. The normalized spacial score (nSPS) is 14.9. The molecule has 0 aromatic heterocycles. The van der Waals surface area contributed by atoms with Gasteiger partial charge in [-0.1, -0.05) is 49.4 Å². The number of Topliss-reactive ketones (excluding diaryl/α,β-unsaturated/α-hetero) is 1. The Morgan fingerprint density at radius 3 is 2.20 bits per heavy atom. The van der Waals surface area contributed by atoms with Crippen LogP contribution in [0.1, 0.15) is 37.8 Å². The van der Waals surface area contributed by atoms with E-state index < -0.39 is 5.41 Å². The summed E-state index contributed by atoms with van der Waals surface area (Å²) >= 11 is 0. The number of hydrogen-bond donors (Lipinski definition) is 1. The fourth-order valence-electron chi connectivity index (χ4n) is 3.40. The van der Waals surface area contributed by atoms with Gasteiger partial charge in [0.2, 0.25) is 0 Å². The zero-order valence-corrected chi connectivity index (χ0v) is 15.7. The molecule has 25 heavy (non-hydrogen) atoms. The molecule has 0 aliphatic carbocycles. The number of aromatic hydroxyl groups is 1. The largest absolute Gasteiger partial charge is 0.508 e. The molecule has 2 aromatic carbocycles. The number of nitrogens with zero attached hydrogens (tertiary/aromatic N) is 1. The summed E-state index contributed by atoms with van der Waals surface area (Å²) in [7, 11) is 4.12. The smallest absolute Gasteiger partial charge is 0.142 e. The molecule has 134 valence electrons. The Balaban J connectivity index is 2.30. The van der Waals surface area contributed by atoms with Crippen molar-refractivity contribution in [1.29, 1.82) is 0 Å². The second-order valence-electron chi connectivity index (χ2n) is 7.17. The molecule has 1 N–H and O–H groups in total. The monoisotopic (exact) mass is 339 g/mol. The van der Waals surface area contributed by atoms with Crippen molar-refractivity contribution in [2.45, 2.75) is 44.6 Å². The van der Waals surface area contributed by atoms with Gasteiger partial charge in [0.05, 0.1) is 5.41 Å². The number of likely N-dealkylation sites (N-methyl/N-ethyl adjacent to an activating group) is 1. The number of rotatable bonds is 8. The maximum absolute atomic E-state index is 12.8. The Kier molecular flexibility index (Phi) is 6.38. The van der Waals surface area contributed by atoms with Crippen LogP contribution in [0.15, 0.2) is 54.6 Å². The van der Waals surface area contributed by atoms with Gasteiger partial charge in [0.1, 0.15) is 11.5 Å². The van der Waals surface area contributed by atoms with Crippen LogP contribution in [-0.2, 0) is 16.6 Å². The molecule has 2 atom stereocenters. The number of benzene rings is 2. The van der Waals surface area contributed by atoms with Crippen LogP contribution in [0.25, 0.3) is 0 Å². The van der Waals surface area contributed by atoms with Crippen molar-refractivity contribution in [3.63, 3.8) is 0 Å². The lowest BCUT2D eigenvalue weighted by atomic mass is 9.72. The molecule has 0 saturated heterocycles. The third-order valence-corrected chi connectivity index (χ3v) is 5.13. The zero-order chi connectivity index (χ0) is 18.4. The molecule has 1 unspecified atom stereocenters. The topological polar surface area (TPSA) is 40.5 Å². The van der Waals surface area contributed by atoms with Crippen LogP contribution >= 0.6 is 0 Å². The van der Waals surface area contributed by atoms with Gasteiger partial charge in [-0.25, -0.2) is 0 Å². The number of carbonyl (C=O) groups excluding carboxylic acids is 1. The Bertz CT molecular complexity index is 679. The number of carbonyl (C=O) groups is 1. The maximum atomic E-state index is 12.8. The van der Waals surface area contributed by atoms with E-state index in [2.05, 4.69) is 38.1 Å². The minimum absolute atomic E-state index is 0.227. The summed E-state index contributed by atoms with van der Waals surface area (Å²) < 4.78 is 0. The molecular weight excluding hydrogens is 310 g/mol. The molecule has 0 saturated carbocycles. The van der Waals surface area contributed by atoms with Gasteiger partial charge in [0.25, 0.3) is 0 Å². The lowest BCUT2D eigenvalue weighted by Crippen LogP contribution is -2.42.